The topological polar surface area (TPSA) is 51.2 Å². The van der Waals surface area contributed by atoms with Gasteiger partial charge < -0.3 is 10.1 Å². The van der Waals surface area contributed by atoms with Gasteiger partial charge in [-0.15, -0.1) is 12.4 Å². The molecule has 0 bridgehead atoms. The number of hydrogen-bond acceptors (Lipinski definition) is 3. The van der Waals surface area contributed by atoms with Crippen LogP contribution in [0, 0.1) is 0 Å². The second kappa shape index (κ2) is 9.06. The van der Waals surface area contributed by atoms with Crippen molar-refractivity contribution in [1.82, 2.24) is 4.98 Å². The second-order valence-electron chi connectivity index (χ2n) is 5.08. The number of aromatic nitrogens is 1. The maximum absolute atomic E-state index is 12.3. The zero-order chi connectivity index (χ0) is 16.8. The van der Waals surface area contributed by atoms with Crippen molar-refractivity contribution in [3.05, 3.63) is 89.1 Å². The van der Waals surface area contributed by atoms with Crippen LogP contribution in [0.4, 0.5) is 5.82 Å². The monoisotopic (exact) mass is 374 g/mol. The Labute approximate surface area is 157 Å². The Bertz CT molecular complexity index is 842. The molecular weight excluding hydrogens is 359 g/mol. The Morgan fingerprint density at radius 3 is 2.60 bits per heavy atom. The molecule has 1 aromatic heterocycles. The standard InChI is InChI=1S/C19H15ClN2O2.ClH/c20-17-9-2-1-6-15(17)13-24-16-8-5-7-14(12-16)19(23)22-18-10-3-4-11-21-18;/h1-12H,13H2,(H,21,22,23);1H. The third-order valence-electron chi connectivity index (χ3n) is 3.35. The zero-order valence-electron chi connectivity index (χ0n) is 13.2. The number of carbonyl (C=O) groups is 1. The number of hydrogen-bond donors (Lipinski definition) is 1. The van der Waals surface area contributed by atoms with E-state index in [0.717, 1.165) is 5.56 Å². The fourth-order valence-electron chi connectivity index (χ4n) is 2.13. The molecule has 0 unspecified atom stereocenters. The Kier molecular flexibility index (Phi) is 6.81. The fraction of sp³-hybridized carbons (Fsp3) is 0.0526. The summed E-state index contributed by atoms with van der Waals surface area (Å²) in [6.07, 6.45) is 1.62. The van der Waals surface area contributed by atoms with Crippen LogP contribution >= 0.6 is 24.0 Å². The average Bonchev–Trinajstić information content (AvgIpc) is 2.62. The molecule has 2 aromatic carbocycles. The van der Waals surface area contributed by atoms with E-state index in [-0.39, 0.29) is 18.3 Å². The van der Waals surface area contributed by atoms with Crippen LogP contribution in [0.1, 0.15) is 15.9 Å². The third-order valence-corrected chi connectivity index (χ3v) is 3.72. The molecule has 4 nitrogen and oxygen atoms in total. The Balaban J connectivity index is 0.00000225. The summed E-state index contributed by atoms with van der Waals surface area (Å²) < 4.78 is 5.73. The molecule has 0 aliphatic heterocycles. The van der Waals surface area contributed by atoms with Crippen molar-refractivity contribution in [2.45, 2.75) is 6.61 Å². The van der Waals surface area contributed by atoms with Crippen LogP contribution in [0.5, 0.6) is 5.75 Å². The van der Waals surface area contributed by atoms with Crippen LogP contribution < -0.4 is 10.1 Å². The van der Waals surface area contributed by atoms with Gasteiger partial charge in [0.25, 0.3) is 5.91 Å². The van der Waals surface area contributed by atoms with E-state index in [1.54, 1.807) is 42.6 Å². The van der Waals surface area contributed by atoms with Crippen molar-refractivity contribution in [3.8, 4) is 5.75 Å². The van der Waals surface area contributed by atoms with Gasteiger partial charge in [-0.25, -0.2) is 4.98 Å². The lowest BCUT2D eigenvalue weighted by molar-refractivity contribution is 0.102. The highest BCUT2D eigenvalue weighted by molar-refractivity contribution is 6.31. The highest BCUT2D eigenvalue weighted by atomic mass is 35.5. The maximum Gasteiger partial charge on any atom is 0.256 e. The number of carbonyl (C=O) groups excluding carboxylic acids is 1. The molecule has 0 aliphatic carbocycles. The van der Waals surface area contributed by atoms with E-state index in [2.05, 4.69) is 10.3 Å². The second-order valence-corrected chi connectivity index (χ2v) is 5.48. The van der Waals surface area contributed by atoms with Crippen molar-refractivity contribution < 1.29 is 9.53 Å². The Hall–Kier alpha value is -2.56. The van der Waals surface area contributed by atoms with Crippen LogP contribution in [-0.4, -0.2) is 10.9 Å². The number of halogens is 2. The predicted octanol–water partition coefficient (Wildman–Crippen LogP) is 4.99. The lowest BCUT2D eigenvalue weighted by atomic mass is 10.2. The molecule has 3 rings (SSSR count). The summed E-state index contributed by atoms with van der Waals surface area (Å²) in [6, 6.07) is 19.8. The summed E-state index contributed by atoms with van der Waals surface area (Å²) in [6.45, 7) is 0.338. The van der Waals surface area contributed by atoms with Gasteiger partial charge in [-0.05, 0) is 36.4 Å². The molecule has 25 heavy (non-hydrogen) atoms. The minimum absolute atomic E-state index is 0. The van der Waals surface area contributed by atoms with Crippen molar-refractivity contribution in [2.75, 3.05) is 5.32 Å². The van der Waals surface area contributed by atoms with Crippen molar-refractivity contribution in [2.24, 2.45) is 0 Å². The number of nitrogens with one attached hydrogen (secondary N) is 1. The van der Waals surface area contributed by atoms with Gasteiger partial charge in [0.15, 0.2) is 0 Å². The highest BCUT2D eigenvalue weighted by Crippen LogP contribution is 2.19. The lowest BCUT2D eigenvalue weighted by Crippen LogP contribution is -2.12. The van der Waals surface area contributed by atoms with Gasteiger partial charge in [0.2, 0.25) is 0 Å². The molecule has 6 heteroatoms. The number of benzene rings is 2. The molecular formula is C19H16Cl2N2O2. The van der Waals surface area contributed by atoms with Crippen molar-refractivity contribution in [1.29, 1.82) is 0 Å². The van der Waals surface area contributed by atoms with Gasteiger partial charge in [0.05, 0.1) is 0 Å². The third kappa shape index (κ3) is 5.21. The molecule has 0 spiro atoms. The van der Waals surface area contributed by atoms with E-state index in [1.807, 2.05) is 30.3 Å². The fourth-order valence-corrected chi connectivity index (χ4v) is 2.32. The number of anilines is 1. The Morgan fingerprint density at radius 1 is 1.04 bits per heavy atom. The molecule has 3 aromatic rings. The van der Waals surface area contributed by atoms with Gasteiger partial charge >= 0.3 is 0 Å². The normalized spacial score (nSPS) is 9.80. The minimum Gasteiger partial charge on any atom is -0.489 e. The summed E-state index contributed by atoms with van der Waals surface area (Å²) in [5, 5.41) is 3.40. The molecule has 0 aliphatic rings. The largest absolute Gasteiger partial charge is 0.489 e. The maximum atomic E-state index is 12.3. The lowest BCUT2D eigenvalue weighted by Gasteiger charge is -2.09. The van der Waals surface area contributed by atoms with E-state index < -0.39 is 0 Å². The summed E-state index contributed by atoms with van der Waals surface area (Å²) in [5.41, 5.74) is 1.39. The zero-order valence-corrected chi connectivity index (χ0v) is 14.8. The molecule has 0 radical (unpaired) electrons. The Morgan fingerprint density at radius 2 is 1.84 bits per heavy atom. The minimum atomic E-state index is -0.239. The molecule has 0 fully saturated rings. The summed E-state index contributed by atoms with van der Waals surface area (Å²) in [7, 11) is 0. The molecule has 1 amide bonds. The number of nitrogens with zero attached hydrogens (tertiary/aromatic N) is 1. The van der Waals surface area contributed by atoms with E-state index in [9.17, 15) is 4.79 Å². The van der Waals surface area contributed by atoms with E-state index >= 15 is 0 Å². The summed E-state index contributed by atoms with van der Waals surface area (Å²) in [4.78, 5) is 16.3. The number of ether oxygens (including phenoxy) is 1. The first-order valence-corrected chi connectivity index (χ1v) is 7.79. The smallest absolute Gasteiger partial charge is 0.256 e. The van der Waals surface area contributed by atoms with Crippen LogP contribution in [0.25, 0.3) is 0 Å². The summed E-state index contributed by atoms with van der Waals surface area (Å²) in [5.74, 6) is 0.866. The highest BCUT2D eigenvalue weighted by Gasteiger charge is 2.08. The first-order chi connectivity index (χ1) is 11.7. The molecule has 1 heterocycles. The van der Waals surface area contributed by atoms with Crippen LogP contribution in [0.15, 0.2) is 72.9 Å². The van der Waals surface area contributed by atoms with E-state index in [0.29, 0.717) is 28.8 Å². The summed E-state index contributed by atoms with van der Waals surface area (Å²) >= 11 is 6.11. The first kappa shape index (κ1) is 18.8. The van der Waals surface area contributed by atoms with Crippen LogP contribution in [0.2, 0.25) is 5.02 Å². The molecule has 0 saturated heterocycles. The van der Waals surface area contributed by atoms with E-state index in [4.69, 9.17) is 16.3 Å². The quantitative estimate of drug-likeness (QED) is 0.684. The number of rotatable bonds is 5. The van der Waals surface area contributed by atoms with Crippen LogP contribution in [0.3, 0.4) is 0 Å². The SMILES string of the molecule is Cl.O=C(Nc1ccccn1)c1cccc(OCc2ccccc2Cl)c1. The van der Waals surface area contributed by atoms with Gasteiger partial charge in [-0.2, -0.15) is 0 Å². The van der Waals surface area contributed by atoms with Gasteiger partial charge in [0, 0.05) is 22.3 Å². The van der Waals surface area contributed by atoms with Gasteiger partial charge in [-0.3, -0.25) is 4.79 Å². The predicted molar refractivity (Wildman–Crippen MR) is 102 cm³/mol. The van der Waals surface area contributed by atoms with Crippen molar-refractivity contribution >= 4 is 35.7 Å². The molecule has 128 valence electrons. The number of amides is 1. The van der Waals surface area contributed by atoms with E-state index in [1.165, 1.54) is 0 Å². The molecule has 0 atom stereocenters. The first-order valence-electron chi connectivity index (χ1n) is 7.41. The van der Waals surface area contributed by atoms with Gasteiger partial charge in [0.1, 0.15) is 18.2 Å². The van der Waals surface area contributed by atoms with Crippen LogP contribution in [-0.2, 0) is 6.61 Å². The average molecular weight is 375 g/mol. The van der Waals surface area contributed by atoms with Crippen molar-refractivity contribution in [3.63, 3.8) is 0 Å². The number of pyridine rings is 1. The molecule has 0 saturated carbocycles. The molecule has 1 N–H and O–H groups in total. The van der Waals surface area contributed by atoms with Gasteiger partial charge in [-0.1, -0.05) is 41.9 Å².